The summed E-state index contributed by atoms with van der Waals surface area (Å²) in [6, 6.07) is 4.38. The van der Waals surface area contributed by atoms with Crippen LogP contribution in [0.5, 0.6) is 5.75 Å². The Kier molecular flexibility index (Phi) is 10.0. The van der Waals surface area contributed by atoms with Crippen LogP contribution in [-0.4, -0.2) is 36.2 Å². The fraction of sp³-hybridized carbons (Fsp3) is 0.625. The van der Waals surface area contributed by atoms with Gasteiger partial charge in [-0.2, -0.15) is 0 Å². The van der Waals surface area contributed by atoms with Crippen molar-refractivity contribution < 1.29 is 9.50 Å². The van der Waals surface area contributed by atoms with Crippen LogP contribution < -0.4 is 5.32 Å². The molecule has 0 spiro atoms. The van der Waals surface area contributed by atoms with Gasteiger partial charge < -0.3 is 10.4 Å². The molecule has 2 rings (SSSR count). The maximum absolute atomic E-state index is 13.5. The average Bonchev–Trinajstić information content (AvgIpc) is 2.43. The van der Waals surface area contributed by atoms with Crippen LogP contribution in [0.25, 0.3) is 0 Å². The second-order valence-corrected chi connectivity index (χ2v) is 5.98. The molecule has 128 valence electrons. The molecule has 0 radical (unpaired) electrons. The Morgan fingerprint density at radius 3 is 2.41 bits per heavy atom. The number of rotatable bonds is 5. The average molecular weight is 353 g/mol. The summed E-state index contributed by atoms with van der Waals surface area (Å²) in [4.78, 5) is 2.35. The molecule has 0 aromatic heterocycles. The van der Waals surface area contributed by atoms with E-state index in [1.807, 2.05) is 0 Å². The number of hydrogen-bond donors (Lipinski definition) is 2. The fourth-order valence-electron chi connectivity index (χ4n) is 2.81. The van der Waals surface area contributed by atoms with E-state index < -0.39 is 0 Å². The number of nitrogens with one attached hydrogen (secondary N) is 1. The van der Waals surface area contributed by atoms with Crippen LogP contribution in [0.15, 0.2) is 18.2 Å². The van der Waals surface area contributed by atoms with Gasteiger partial charge in [-0.1, -0.05) is 13.8 Å². The second kappa shape index (κ2) is 10.3. The molecular weight excluding hydrogens is 326 g/mol. The topological polar surface area (TPSA) is 35.5 Å². The lowest BCUT2D eigenvalue weighted by Gasteiger charge is -2.36. The van der Waals surface area contributed by atoms with E-state index in [2.05, 4.69) is 24.1 Å². The zero-order chi connectivity index (χ0) is 14.5. The van der Waals surface area contributed by atoms with E-state index in [9.17, 15) is 9.50 Å². The number of phenolic OH excluding ortho intramolecular Hbond substituents is 1. The van der Waals surface area contributed by atoms with E-state index in [4.69, 9.17) is 0 Å². The summed E-state index contributed by atoms with van der Waals surface area (Å²) in [5.74, 6) is 0.539. The third-order valence-electron chi connectivity index (χ3n) is 3.96. The maximum atomic E-state index is 13.5. The van der Waals surface area contributed by atoms with Gasteiger partial charge in [0.1, 0.15) is 11.6 Å². The van der Waals surface area contributed by atoms with Crippen LogP contribution in [0.4, 0.5) is 4.39 Å². The van der Waals surface area contributed by atoms with Crippen molar-refractivity contribution >= 4 is 24.8 Å². The molecular formula is C16H27Cl2FN2O. The molecule has 1 aromatic rings. The van der Waals surface area contributed by atoms with Crippen molar-refractivity contribution in [3.63, 3.8) is 0 Å². The van der Waals surface area contributed by atoms with Crippen molar-refractivity contribution in [2.75, 3.05) is 26.2 Å². The zero-order valence-electron chi connectivity index (χ0n) is 13.2. The van der Waals surface area contributed by atoms with E-state index in [0.29, 0.717) is 5.92 Å². The lowest BCUT2D eigenvalue weighted by atomic mass is 9.95. The van der Waals surface area contributed by atoms with E-state index in [1.54, 1.807) is 0 Å². The van der Waals surface area contributed by atoms with E-state index in [0.717, 1.165) is 44.6 Å². The summed E-state index contributed by atoms with van der Waals surface area (Å²) < 4.78 is 13.5. The first-order valence-electron chi connectivity index (χ1n) is 7.51. The zero-order valence-corrected chi connectivity index (χ0v) is 14.9. The van der Waals surface area contributed by atoms with Gasteiger partial charge in [0, 0.05) is 37.8 Å². The van der Waals surface area contributed by atoms with Crippen molar-refractivity contribution in [1.29, 1.82) is 0 Å². The van der Waals surface area contributed by atoms with Crippen LogP contribution >= 0.6 is 24.8 Å². The lowest BCUT2D eigenvalue weighted by molar-refractivity contribution is 0.157. The van der Waals surface area contributed by atoms with Gasteiger partial charge in [-0.3, -0.25) is 4.90 Å². The number of hydrogen-bond acceptors (Lipinski definition) is 3. The van der Waals surface area contributed by atoms with Crippen molar-refractivity contribution in [1.82, 2.24) is 10.2 Å². The van der Waals surface area contributed by atoms with Gasteiger partial charge in [0.2, 0.25) is 0 Å². The maximum Gasteiger partial charge on any atom is 0.123 e. The standard InChI is InChI=1S/C16H25FN2O.2ClH/c1-12(2)3-5-15(19-9-7-18-8-10-19)14-11-13(17)4-6-16(14)20;;/h4,6,11-12,15,18,20H,3,5,7-10H2,1-2H3;2*1H/t15-;;/m1../s1. The lowest BCUT2D eigenvalue weighted by Crippen LogP contribution is -2.45. The normalized spacial score (nSPS) is 16.7. The molecule has 1 aliphatic heterocycles. The summed E-state index contributed by atoms with van der Waals surface area (Å²) in [5, 5.41) is 13.4. The SMILES string of the molecule is CC(C)CC[C@H](c1cc(F)ccc1O)N1CCNCC1.Cl.Cl. The summed E-state index contributed by atoms with van der Waals surface area (Å²) in [6.45, 7) is 8.18. The van der Waals surface area contributed by atoms with Crippen LogP contribution in [0.3, 0.4) is 0 Å². The summed E-state index contributed by atoms with van der Waals surface area (Å²) in [6.07, 6.45) is 2.03. The predicted molar refractivity (Wildman–Crippen MR) is 93.8 cm³/mol. The van der Waals surface area contributed by atoms with E-state index in [-0.39, 0.29) is 42.4 Å². The van der Waals surface area contributed by atoms with Crippen molar-refractivity contribution in [2.45, 2.75) is 32.7 Å². The Morgan fingerprint density at radius 2 is 1.82 bits per heavy atom. The van der Waals surface area contributed by atoms with Gasteiger partial charge in [0.05, 0.1) is 0 Å². The van der Waals surface area contributed by atoms with Gasteiger partial charge in [-0.05, 0) is 37.0 Å². The number of aromatic hydroxyl groups is 1. The minimum Gasteiger partial charge on any atom is -0.508 e. The first kappa shape index (κ1) is 21.4. The number of benzene rings is 1. The molecule has 1 aromatic carbocycles. The number of piperazine rings is 1. The molecule has 0 aliphatic carbocycles. The highest BCUT2D eigenvalue weighted by atomic mass is 35.5. The van der Waals surface area contributed by atoms with Gasteiger partial charge in [-0.25, -0.2) is 4.39 Å². The van der Waals surface area contributed by atoms with Crippen molar-refractivity contribution in [2.24, 2.45) is 5.92 Å². The van der Waals surface area contributed by atoms with Crippen molar-refractivity contribution in [3.8, 4) is 5.75 Å². The largest absolute Gasteiger partial charge is 0.508 e. The van der Waals surface area contributed by atoms with Gasteiger partial charge >= 0.3 is 0 Å². The number of nitrogens with zero attached hydrogens (tertiary/aromatic N) is 1. The molecule has 3 nitrogen and oxygen atoms in total. The molecule has 0 amide bonds. The number of phenols is 1. The van der Waals surface area contributed by atoms with E-state index in [1.165, 1.54) is 18.2 Å². The Labute approximate surface area is 145 Å². The molecule has 22 heavy (non-hydrogen) atoms. The van der Waals surface area contributed by atoms with E-state index >= 15 is 0 Å². The van der Waals surface area contributed by atoms with Crippen LogP contribution in [0.1, 0.15) is 38.3 Å². The second-order valence-electron chi connectivity index (χ2n) is 5.98. The molecule has 6 heteroatoms. The van der Waals surface area contributed by atoms with Gasteiger partial charge in [0.15, 0.2) is 0 Å². The molecule has 1 heterocycles. The molecule has 0 unspecified atom stereocenters. The smallest absolute Gasteiger partial charge is 0.123 e. The quantitative estimate of drug-likeness (QED) is 0.846. The fourth-order valence-corrected chi connectivity index (χ4v) is 2.81. The third kappa shape index (κ3) is 5.92. The Balaban J connectivity index is 0.00000220. The Hall–Kier alpha value is -0.550. The molecule has 0 bridgehead atoms. The predicted octanol–water partition coefficient (Wildman–Crippen LogP) is 3.76. The molecule has 1 saturated heterocycles. The minimum absolute atomic E-state index is 0. The summed E-state index contributed by atoms with van der Waals surface area (Å²) >= 11 is 0. The molecule has 1 fully saturated rings. The minimum atomic E-state index is -0.275. The highest BCUT2D eigenvalue weighted by molar-refractivity contribution is 5.85. The first-order chi connectivity index (χ1) is 9.58. The Bertz CT molecular complexity index is 440. The highest BCUT2D eigenvalue weighted by Gasteiger charge is 2.24. The highest BCUT2D eigenvalue weighted by Crippen LogP contribution is 2.33. The third-order valence-corrected chi connectivity index (χ3v) is 3.96. The summed E-state index contributed by atoms with van der Waals surface area (Å²) in [5.41, 5.74) is 0.729. The number of halogens is 3. The molecule has 1 atom stereocenters. The molecule has 2 N–H and O–H groups in total. The molecule has 1 aliphatic rings. The molecule has 0 saturated carbocycles. The monoisotopic (exact) mass is 352 g/mol. The van der Waals surface area contributed by atoms with Crippen LogP contribution in [-0.2, 0) is 0 Å². The van der Waals surface area contributed by atoms with Gasteiger partial charge in [-0.15, -0.1) is 24.8 Å². The Morgan fingerprint density at radius 1 is 1.18 bits per heavy atom. The van der Waals surface area contributed by atoms with Crippen LogP contribution in [0, 0.1) is 11.7 Å². The first-order valence-corrected chi connectivity index (χ1v) is 7.51. The van der Waals surface area contributed by atoms with Crippen LogP contribution in [0.2, 0.25) is 0 Å². The van der Waals surface area contributed by atoms with Gasteiger partial charge in [0.25, 0.3) is 0 Å². The van der Waals surface area contributed by atoms with Crippen molar-refractivity contribution in [3.05, 3.63) is 29.6 Å². The summed E-state index contributed by atoms with van der Waals surface area (Å²) in [7, 11) is 0.